The molecule has 5 nitrogen and oxygen atoms in total. The number of hydrogen-bond acceptors (Lipinski definition) is 4. The second-order valence-corrected chi connectivity index (χ2v) is 3.96. The van der Waals surface area contributed by atoms with Gasteiger partial charge in [-0.1, -0.05) is 11.6 Å². The van der Waals surface area contributed by atoms with E-state index in [0.29, 0.717) is 23.0 Å². The first-order valence-corrected chi connectivity index (χ1v) is 5.33. The predicted octanol–water partition coefficient (Wildman–Crippen LogP) is 0.755. The Morgan fingerprint density at radius 2 is 2.06 bits per heavy atom. The summed E-state index contributed by atoms with van der Waals surface area (Å²) in [6.07, 6.45) is 2.15. The highest BCUT2D eigenvalue weighted by molar-refractivity contribution is 6.33. The molecular formula is C10H12ClN3O2. The number of aliphatic hydroxyl groups is 2. The molecule has 0 aliphatic carbocycles. The van der Waals surface area contributed by atoms with E-state index in [9.17, 15) is 0 Å². The number of hydrogen-bond donors (Lipinski definition) is 3. The summed E-state index contributed by atoms with van der Waals surface area (Å²) in [4.78, 5) is 11.3. The monoisotopic (exact) mass is 241 g/mol. The zero-order valence-corrected chi connectivity index (χ0v) is 9.28. The lowest BCUT2D eigenvalue weighted by Crippen LogP contribution is -2.15. The van der Waals surface area contributed by atoms with Gasteiger partial charge in [0, 0.05) is 31.7 Å². The molecule has 0 aromatic carbocycles. The minimum Gasteiger partial charge on any atom is -0.396 e. The molecule has 0 saturated carbocycles. The molecule has 0 aliphatic heterocycles. The molecule has 0 amide bonds. The number of aromatic nitrogens is 3. The molecule has 3 N–H and O–H groups in total. The first-order chi connectivity index (χ1) is 7.74. The molecule has 2 aromatic heterocycles. The summed E-state index contributed by atoms with van der Waals surface area (Å²) < 4.78 is 0. The van der Waals surface area contributed by atoms with Crippen LogP contribution in [-0.2, 0) is 6.42 Å². The fraction of sp³-hybridized carbons (Fsp3) is 0.400. The summed E-state index contributed by atoms with van der Waals surface area (Å²) in [7, 11) is 0. The number of halogens is 1. The second kappa shape index (κ2) is 4.78. The van der Waals surface area contributed by atoms with E-state index in [4.69, 9.17) is 21.8 Å². The van der Waals surface area contributed by atoms with Crippen molar-refractivity contribution >= 4 is 22.6 Å². The zero-order chi connectivity index (χ0) is 11.5. The Labute approximate surface area is 97.1 Å². The molecule has 0 radical (unpaired) electrons. The highest BCUT2D eigenvalue weighted by Crippen LogP contribution is 2.19. The molecule has 0 atom stereocenters. The molecule has 0 aliphatic rings. The zero-order valence-electron chi connectivity index (χ0n) is 8.52. The summed E-state index contributed by atoms with van der Waals surface area (Å²) in [5.41, 5.74) is 0.671. The lowest BCUT2D eigenvalue weighted by atomic mass is 10.1. The van der Waals surface area contributed by atoms with E-state index in [1.165, 1.54) is 0 Å². The Morgan fingerprint density at radius 3 is 2.75 bits per heavy atom. The summed E-state index contributed by atoms with van der Waals surface area (Å²) in [6, 6.07) is 1.80. The topological polar surface area (TPSA) is 82.0 Å². The van der Waals surface area contributed by atoms with E-state index in [0.717, 1.165) is 5.39 Å². The number of aromatic amines is 1. The van der Waals surface area contributed by atoms with Crippen LogP contribution in [0.15, 0.2) is 12.3 Å². The van der Waals surface area contributed by atoms with Crippen molar-refractivity contribution < 1.29 is 10.2 Å². The highest BCUT2D eigenvalue weighted by Gasteiger charge is 2.12. The lowest BCUT2D eigenvalue weighted by Gasteiger charge is -2.09. The van der Waals surface area contributed by atoms with Gasteiger partial charge in [0.25, 0.3) is 0 Å². The van der Waals surface area contributed by atoms with Gasteiger partial charge in [0.2, 0.25) is 0 Å². The third-order valence-corrected chi connectivity index (χ3v) is 2.69. The van der Waals surface area contributed by atoms with Gasteiger partial charge in [-0.2, -0.15) is 0 Å². The van der Waals surface area contributed by atoms with E-state index in [1.54, 1.807) is 12.3 Å². The molecule has 2 aromatic rings. The first kappa shape index (κ1) is 11.3. The summed E-state index contributed by atoms with van der Waals surface area (Å²) in [6.45, 7) is -0.194. The number of aliphatic hydroxyl groups excluding tert-OH is 2. The Kier molecular flexibility index (Phi) is 3.38. The maximum Gasteiger partial charge on any atom is 0.142 e. The smallest absolute Gasteiger partial charge is 0.142 e. The molecule has 2 heterocycles. The van der Waals surface area contributed by atoms with Crippen LogP contribution in [0.3, 0.4) is 0 Å². The number of fused-ring (bicyclic) bond motifs is 1. The molecule has 0 unspecified atom stereocenters. The van der Waals surface area contributed by atoms with Crippen LogP contribution >= 0.6 is 11.6 Å². The second-order valence-electron chi connectivity index (χ2n) is 3.61. The summed E-state index contributed by atoms with van der Waals surface area (Å²) in [5.74, 6) is 0.275. The minimum absolute atomic E-state index is 0.0970. The number of rotatable bonds is 4. The number of H-pyrrole nitrogens is 1. The van der Waals surface area contributed by atoms with Crippen LogP contribution in [0.4, 0.5) is 0 Å². The van der Waals surface area contributed by atoms with Crippen molar-refractivity contribution in [1.82, 2.24) is 15.0 Å². The van der Waals surface area contributed by atoms with Crippen LogP contribution in [-0.4, -0.2) is 38.4 Å². The minimum atomic E-state index is -0.247. The summed E-state index contributed by atoms with van der Waals surface area (Å²) >= 11 is 5.98. The third-order valence-electron chi connectivity index (χ3n) is 2.40. The van der Waals surface area contributed by atoms with Crippen LogP contribution in [0, 0.1) is 5.92 Å². The van der Waals surface area contributed by atoms with Crippen LogP contribution in [0.25, 0.3) is 11.0 Å². The van der Waals surface area contributed by atoms with E-state index in [2.05, 4.69) is 15.0 Å². The van der Waals surface area contributed by atoms with Gasteiger partial charge in [0.1, 0.15) is 16.6 Å². The number of nitrogens with one attached hydrogen (secondary N) is 1. The maximum atomic E-state index is 8.97. The number of nitrogens with zero attached hydrogens (tertiary/aromatic N) is 2. The molecule has 86 valence electrons. The van der Waals surface area contributed by atoms with Crippen molar-refractivity contribution in [3.05, 3.63) is 23.2 Å². The van der Waals surface area contributed by atoms with E-state index < -0.39 is 0 Å². The molecule has 16 heavy (non-hydrogen) atoms. The molecule has 2 rings (SSSR count). The van der Waals surface area contributed by atoms with Crippen LogP contribution in [0.2, 0.25) is 5.15 Å². The quantitative estimate of drug-likeness (QED) is 0.690. The van der Waals surface area contributed by atoms with Gasteiger partial charge in [-0.05, 0) is 6.07 Å². The van der Waals surface area contributed by atoms with Crippen molar-refractivity contribution in [3.63, 3.8) is 0 Å². The predicted molar refractivity (Wildman–Crippen MR) is 60.3 cm³/mol. The van der Waals surface area contributed by atoms with Gasteiger partial charge < -0.3 is 15.2 Å². The Bertz CT molecular complexity index is 482. The maximum absolute atomic E-state index is 8.97. The average molecular weight is 242 g/mol. The normalized spacial score (nSPS) is 11.5. The van der Waals surface area contributed by atoms with Gasteiger partial charge in [0.05, 0.1) is 5.39 Å². The standard InChI is InChI=1S/C10H12ClN3O2/c11-9-7-1-2-12-10(7)14-8(13-9)3-6(4-15)5-16/h1-2,6,15-16H,3-5H2,(H,12,13,14). The SMILES string of the molecule is OCC(CO)Cc1nc(Cl)c2cc[nH]c2n1. The molecule has 0 bridgehead atoms. The van der Waals surface area contributed by atoms with Gasteiger partial charge in [-0.25, -0.2) is 9.97 Å². The fourth-order valence-electron chi connectivity index (χ4n) is 1.48. The van der Waals surface area contributed by atoms with Crippen molar-refractivity contribution in [2.24, 2.45) is 5.92 Å². The van der Waals surface area contributed by atoms with Crippen molar-refractivity contribution in [3.8, 4) is 0 Å². The van der Waals surface area contributed by atoms with Gasteiger partial charge in [-0.3, -0.25) is 0 Å². The van der Waals surface area contributed by atoms with Crippen molar-refractivity contribution in [1.29, 1.82) is 0 Å². The Hall–Kier alpha value is -1.17. The largest absolute Gasteiger partial charge is 0.396 e. The van der Waals surface area contributed by atoms with Gasteiger partial charge >= 0.3 is 0 Å². The molecule has 0 saturated heterocycles. The van der Waals surface area contributed by atoms with Gasteiger partial charge in [0.15, 0.2) is 0 Å². The first-order valence-electron chi connectivity index (χ1n) is 4.95. The molecule has 0 fully saturated rings. The van der Waals surface area contributed by atoms with E-state index in [1.807, 2.05) is 0 Å². The molecule has 0 spiro atoms. The molecule has 6 heteroatoms. The average Bonchev–Trinajstić information content (AvgIpc) is 2.74. The van der Waals surface area contributed by atoms with Crippen LogP contribution in [0.5, 0.6) is 0 Å². The Morgan fingerprint density at radius 1 is 1.31 bits per heavy atom. The van der Waals surface area contributed by atoms with E-state index in [-0.39, 0.29) is 19.1 Å². The van der Waals surface area contributed by atoms with Crippen LogP contribution < -0.4 is 0 Å². The third kappa shape index (κ3) is 2.16. The van der Waals surface area contributed by atoms with Crippen LogP contribution in [0.1, 0.15) is 5.82 Å². The summed E-state index contributed by atoms with van der Waals surface area (Å²) in [5, 5.41) is 19.1. The lowest BCUT2D eigenvalue weighted by molar-refractivity contribution is 0.148. The van der Waals surface area contributed by atoms with Gasteiger partial charge in [-0.15, -0.1) is 0 Å². The van der Waals surface area contributed by atoms with E-state index >= 15 is 0 Å². The highest BCUT2D eigenvalue weighted by atomic mass is 35.5. The van der Waals surface area contributed by atoms with Crippen molar-refractivity contribution in [2.75, 3.05) is 13.2 Å². The Balaban J connectivity index is 2.30. The van der Waals surface area contributed by atoms with Crippen molar-refractivity contribution in [2.45, 2.75) is 6.42 Å². The molecular weight excluding hydrogens is 230 g/mol. The fourth-order valence-corrected chi connectivity index (χ4v) is 1.73.